The largest absolute Gasteiger partial charge is 0.390 e. The Balaban J connectivity index is 1.49. The molecule has 0 aromatic rings. The van der Waals surface area contributed by atoms with Crippen molar-refractivity contribution in [1.82, 2.24) is 0 Å². The summed E-state index contributed by atoms with van der Waals surface area (Å²) in [5.41, 5.74) is -4.49. The van der Waals surface area contributed by atoms with E-state index in [0.29, 0.717) is 24.8 Å². The third-order valence-electron chi connectivity index (χ3n) is 12.3. The summed E-state index contributed by atoms with van der Waals surface area (Å²) in [7, 11) is 1.27. The van der Waals surface area contributed by atoms with Gasteiger partial charge in [0.25, 0.3) is 0 Å². The van der Waals surface area contributed by atoms with E-state index in [4.69, 9.17) is 14.2 Å². The van der Waals surface area contributed by atoms with Crippen molar-refractivity contribution in [1.29, 1.82) is 0 Å². The van der Waals surface area contributed by atoms with Crippen LogP contribution in [0.15, 0.2) is 11.6 Å². The van der Waals surface area contributed by atoms with Crippen LogP contribution in [0.3, 0.4) is 0 Å². The van der Waals surface area contributed by atoms with Crippen molar-refractivity contribution in [3.63, 3.8) is 0 Å². The average molecular weight is 643 g/mol. The van der Waals surface area contributed by atoms with Crippen LogP contribution in [0.1, 0.15) is 79.1 Å². The lowest BCUT2D eigenvalue weighted by Gasteiger charge is -2.58. The molecule has 14 unspecified atom stereocenters. The average Bonchev–Trinajstić information content (AvgIpc) is 3.20. The SMILES string of the molecule is COC1(OC(CCC(C)(C)O)C(C)(O)C2CCC3(O)C4=CC(=O)C5CC(O)C(O)CC5C4CCC23C)COCC(O)C(O)C1O. The first-order chi connectivity index (χ1) is 20.8. The molecule has 1 aliphatic heterocycles. The standard InChI is InChI=1S/C33H54O12/c1-29(2,40)9-8-26(45-33(43-5)16-44-15-24(37)27(38)28(33)39)31(4,41)25-7-11-32(42)20-14-21(34)19-13-23(36)22(35)12-18(19)17(20)6-10-30(25,32)3/h14,17-19,22-28,35-42H,6-13,15-16H2,1-5H3. The first-order valence-electron chi connectivity index (χ1n) is 16.5. The number of methoxy groups -OCH3 is 1. The molecular weight excluding hydrogens is 588 g/mol. The number of carbonyl (C=O) groups excluding carboxylic acids is 1. The fourth-order valence-corrected chi connectivity index (χ4v) is 9.58. The number of aliphatic hydroxyl groups excluding tert-OH is 5. The molecule has 0 radical (unpaired) electrons. The van der Waals surface area contributed by atoms with Gasteiger partial charge in [0, 0.05) is 18.4 Å². The minimum Gasteiger partial charge on any atom is -0.390 e. The Hall–Kier alpha value is -1.03. The normalized spacial score (nSPS) is 47.5. The van der Waals surface area contributed by atoms with Gasteiger partial charge in [-0.25, -0.2) is 0 Å². The molecule has 0 amide bonds. The molecule has 0 aromatic carbocycles. The zero-order valence-corrected chi connectivity index (χ0v) is 27.1. The lowest BCUT2D eigenvalue weighted by Crippen LogP contribution is -2.64. The Kier molecular flexibility index (Phi) is 9.52. The number of carbonyl (C=O) groups is 1. The van der Waals surface area contributed by atoms with Crippen LogP contribution in [0.5, 0.6) is 0 Å². The summed E-state index contributed by atoms with van der Waals surface area (Å²) >= 11 is 0. The molecule has 1 saturated heterocycles. The molecule has 4 fully saturated rings. The molecule has 14 atom stereocenters. The number of hydrogen-bond acceptors (Lipinski definition) is 12. The van der Waals surface area contributed by atoms with Gasteiger partial charge >= 0.3 is 0 Å². The Bertz CT molecular complexity index is 1140. The molecule has 12 heteroatoms. The Morgan fingerprint density at radius 2 is 1.67 bits per heavy atom. The third-order valence-corrected chi connectivity index (χ3v) is 12.3. The first-order valence-corrected chi connectivity index (χ1v) is 16.5. The van der Waals surface area contributed by atoms with Crippen molar-refractivity contribution < 1.29 is 59.9 Å². The van der Waals surface area contributed by atoms with E-state index in [1.165, 1.54) is 7.11 Å². The second-order valence-electron chi connectivity index (χ2n) is 15.6. The van der Waals surface area contributed by atoms with Gasteiger partial charge in [-0.3, -0.25) is 4.79 Å². The maximum atomic E-state index is 13.4. The van der Waals surface area contributed by atoms with Gasteiger partial charge in [-0.15, -0.1) is 0 Å². The topological polar surface area (TPSA) is 207 Å². The van der Waals surface area contributed by atoms with Crippen LogP contribution in [0.2, 0.25) is 0 Å². The maximum absolute atomic E-state index is 13.4. The van der Waals surface area contributed by atoms with Crippen LogP contribution in [-0.4, -0.2) is 126 Å². The molecule has 0 spiro atoms. The fourth-order valence-electron chi connectivity index (χ4n) is 9.58. The lowest BCUT2D eigenvalue weighted by atomic mass is 9.50. The van der Waals surface area contributed by atoms with E-state index < -0.39 is 76.5 Å². The zero-order valence-electron chi connectivity index (χ0n) is 27.1. The minimum atomic E-state index is -1.96. The Labute approximate surface area is 265 Å². The van der Waals surface area contributed by atoms with Crippen molar-refractivity contribution in [2.75, 3.05) is 20.3 Å². The van der Waals surface area contributed by atoms with E-state index in [0.717, 1.165) is 0 Å². The van der Waals surface area contributed by atoms with Crippen molar-refractivity contribution >= 4 is 5.78 Å². The van der Waals surface area contributed by atoms with Gasteiger partial charge in [0.05, 0.1) is 41.7 Å². The first kappa shape index (κ1) is 35.3. The fraction of sp³-hybridized carbons (Fsp3) is 0.909. The molecule has 4 aliphatic carbocycles. The highest BCUT2D eigenvalue weighted by molar-refractivity contribution is 5.94. The van der Waals surface area contributed by atoms with Crippen LogP contribution < -0.4 is 0 Å². The monoisotopic (exact) mass is 642 g/mol. The third kappa shape index (κ3) is 5.86. The van der Waals surface area contributed by atoms with E-state index in [2.05, 4.69) is 0 Å². The molecule has 45 heavy (non-hydrogen) atoms. The van der Waals surface area contributed by atoms with Crippen LogP contribution >= 0.6 is 0 Å². The number of aliphatic hydroxyl groups is 8. The smallest absolute Gasteiger partial charge is 0.221 e. The predicted molar refractivity (Wildman–Crippen MR) is 159 cm³/mol. The van der Waals surface area contributed by atoms with Gasteiger partial charge in [0.2, 0.25) is 5.79 Å². The minimum absolute atomic E-state index is 0.117. The summed E-state index contributed by atoms with van der Waals surface area (Å²) < 4.78 is 17.6. The van der Waals surface area contributed by atoms with Gasteiger partial charge in [-0.2, -0.15) is 0 Å². The van der Waals surface area contributed by atoms with Crippen molar-refractivity contribution in [2.24, 2.45) is 29.1 Å². The molecule has 5 aliphatic rings. The quantitative estimate of drug-likeness (QED) is 0.164. The Morgan fingerprint density at radius 3 is 2.31 bits per heavy atom. The maximum Gasteiger partial charge on any atom is 0.221 e. The Morgan fingerprint density at radius 1 is 1.00 bits per heavy atom. The predicted octanol–water partition coefficient (Wildman–Crippen LogP) is -0.0562. The molecule has 12 nitrogen and oxygen atoms in total. The molecular formula is C33H54O12. The summed E-state index contributed by atoms with van der Waals surface area (Å²) in [6.45, 7) is 6.19. The van der Waals surface area contributed by atoms with Gasteiger partial charge in [0.1, 0.15) is 24.9 Å². The number of ether oxygens (including phenoxy) is 3. The van der Waals surface area contributed by atoms with E-state index in [1.54, 1.807) is 26.8 Å². The molecule has 3 saturated carbocycles. The summed E-state index contributed by atoms with van der Waals surface area (Å²) in [5.74, 6) is -3.41. The van der Waals surface area contributed by atoms with E-state index in [9.17, 15) is 45.6 Å². The summed E-state index contributed by atoms with van der Waals surface area (Å²) in [4.78, 5) is 13.4. The van der Waals surface area contributed by atoms with E-state index >= 15 is 0 Å². The lowest BCUT2D eigenvalue weighted by molar-refractivity contribution is -0.338. The number of ketones is 1. The van der Waals surface area contributed by atoms with Crippen LogP contribution in [0.25, 0.3) is 0 Å². The number of rotatable bonds is 8. The summed E-state index contributed by atoms with van der Waals surface area (Å²) in [6.07, 6.45) is -3.59. The van der Waals surface area contributed by atoms with Gasteiger partial charge in [0.15, 0.2) is 5.78 Å². The molecule has 1 heterocycles. The molecule has 0 bridgehead atoms. The second-order valence-corrected chi connectivity index (χ2v) is 15.6. The van der Waals surface area contributed by atoms with Crippen LogP contribution in [0.4, 0.5) is 0 Å². The van der Waals surface area contributed by atoms with Crippen molar-refractivity contribution in [2.45, 2.75) is 138 Å². The van der Waals surface area contributed by atoms with Gasteiger partial charge in [-0.1, -0.05) is 6.92 Å². The van der Waals surface area contributed by atoms with E-state index in [1.807, 2.05) is 6.92 Å². The highest BCUT2D eigenvalue weighted by Crippen LogP contribution is 2.66. The van der Waals surface area contributed by atoms with Crippen LogP contribution in [-0.2, 0) is 19.0 Å². The number of hydrogen-bond donors (Lipinski definition) is 8. The molecule has 258 valence electrons. The van der Waals surface area contributed by atoms with Crippen molar-refractivity contribution in [3.05, 3.63) is 11.6 Å². The highest BCUT2D eigenvalue weighted by Gasteiger charge is 2.68. The summed E-state index contributed by atoms with van der Waals surface area (Å²) in [6, 6.07) is 0. The molecule has 0 aromatic heterocycles. The zero-order chi connectivity index (χ0) is 33.3. The molecule has 5 rings (SSSR count). The summed E-state index contributed by atoms with van der Waals surface area (Å²) in [5, 5.41) is 88.5. The van der Waals surface area contributed by atoms with Gasteiger partial charge in [-0.05, 0) is 102 Å². The van der Waals surface area contributed by atoms with Crippen molar-refractivity contribution in [3.8, 4) is 0 Å². The number of fused-ring (bicyclic) bond motifs is 5. The van der Waals surface area contributed by atoms with E-state index in [-0.39, 0.29) is 62.9 Å². The highest BCUT2D eigenvalue weighted by atomic mass is 16.7. The van der Waals surface area contributed by atoms with Crippen LogP contribution in [0, 0.1) is 29.1 Å². The van der Waals surface area contributed by atoms with Gasteiger partial charge < -0.3 is 55.1 Å². The second kappa shape index (κ2) is 12.1. The molecule has 8 N–H and O–H groups in total. The number of allylic oxidation sites excluding steroid dienone is 1.